The summed E-state index contributed by atoms with van der Waals surface area (Å²) in [5.74, 6) is 0. The molecule has 2 N–H and O–H groups in total. The van der Waals surface area contributed by atoms with Gasteiger partial charge in [0, 0.05) is 17.1 Å². The van der Waals surface area contributed by atoms with Crippen LogP contribution in [0.3, 0.4) is 0 Å². The van der Waals surface area contributed by atoms with Gasteiger partial charge in [0.25, 0.3) is 0 Å². The van der Waals surface area contributed by atoms with Crippen molar-refractivity contribution < 1.29 is 13.2 Å². The van der Waals surface area contributed by atoms with Crippen LogP contribution in [0, 0.1) is 13.8 Å². The molecule has 0 fully saturated rings. The molecule has 0 saturated heterocycles. The zero-order valence-electron chi connectivity index (χ0n) is 14.8. The number of nitrogens with zero attached hydrogens (tertiary/aromatic N) is 1. The zero-order valence-corrected chi connectivity index (χ0v) is 15.6. The minimum Gasteiger partial charge on any atom is -0.332 e. The average Bonchev–Trinajstić information content (AvgIpc) is 2.94. The average molecular weight is 389 g/mol. The zero-order chi connectivity index (χ0) is 19.6. The molecule has 140 valence electrons. The molecular weight excluding hydrogens is 371 g/mol. The van der Waals surface area contributed by atoms with E-state index in [1.165, 1.54) is 12.1 Å². The Bertz CT molecular complexity index is 940. The summed E-state index contributed by atoms with van der Waals surface area (Å²) in [6.07, 6.45) is -4.36. The number of anilines is 2. The topological polar surface area (TPSA) is 29.0 Å². The van der Waals surface area contributed by atoms with Crippen LogP contribution in [0.2, 0.25) is 0 Å². The number of alkyl halides is 3. The molecule has 0 spiro atoms. The van der Waals surface area contributed by atoms with Gasteiger partial charge in [-0.3, -0.25) is 0 Å². The molecule has 1 aromatic heterocycles. The van der Waals surface area contributed by atoms with E-state index < -0.39 is 11.7 Å². The number of hydrogen-bond donors (Lipinski definition) is 2. The third kappa shape index (κ3) is 4.31. The molecule has 0 amide bonds. The Hall–Kier alpha value is -2.80. The summed E-state index contributed by atoms with van der Waals surface area (Å²) in [7, 11) is 0. The number of aryl methyl sites for hydroxylation is 2. The van der Waals surface area contributed by atoms with Gasteiger partial charge in [0.05, 0.1) is 16.9 Å². The quantitative estimate of drug-likeness (QED) is 0.545. The molecule has 3 nitrogen and oxygen atoms in total. The molecule has 3 aromatic rings. The molecular formula is C20H18F3N3S. The van der Waals surface area contributed by atoms with E-state index in [0.717, 1.165) is 34.9 Å². The Balaban J connectivity index is 1.78. The van der Waals surface area contributed by atoms with Gasteiger partial charge in [-0.1, -0.05) is 12.1 Å². The molecule has 0 saturated carbocycles. The van der Waals surface area contributed by atoms with Gasteiger partial charge in [-0.2, -0.15) is 13.2 Å². The first-order chi connectivity index (χ1) is 12.8. The van der Waals surface area contributed by atoms with E-state index in [2.05, 4.69) is 15.2 Å². The first-order valence-electron chi connectivity index (χ1n) is 8.25. The highest BCUT2D eigenvalue weighted by Gasteiger charge is 2.29. The SMILES string of the molecule is Cc1ccc(C)n1-c1ccccc1NC(=S)Nc1ccc(C(F)(F)F)cc1. The lowest BCUT2D eigenvalue weighted by molar-refractivity contribution is -0.137. The van der Waals surface area contributed by atoms with E-state index in [1.54, 1.807) is 0 Å². The standard InChI is InChI=1S/C20H18F3N3S/c1-13-7-8-14(2)26(13)18-6-4-3-5-17(18)25-19(27)24-16-11-9-15(10-12-16)20(21,22)23/h3-12H,1-2H3,(H2,24,25,27). The van der Waals surface area contributed by atoms with Crippen molar-refractivity contribution in [1.29, 1.82) is 0 Å². The maximum absolute atomic E-state index is 12.7. The fourth-order valence-corrected chi connectivity index (χ4v) is 3.08. The van der Waals surface area contributed by atoms with Gasteiger partial charge < -0.3 is 15.2 Å². The summed E-state index contributed by atoms with van der Waals surface area (Å²) in [5, 5.41) is 6.33. The Morgan fingerprint density at radius 1 is 0.852 bits per heavy atom. The summed E-state index contributed by atoms with van der Waals surface area (Å²) in [5.41, 5.74) is 3.69. The molecule has 0 aliphatic carbocycles. The molecule has 0 aliphatic heterocycles. The van der Waals surface area contributed by atoms with Crippen LogP contribution in [-0.2, 0) is 6.18 Å². The van der Waals surface area contributed by atoms with Crippen molar-refractivity contribution in [3.8, 4) is 5.69 Å². The predicted molar refractivity (Wildman–Crippen MR) is 107 cm³/mol. The van der Waals surface area contributed by atoms with Gasteiger partial charge in [0.1, 0.15) is 0 Å². The molecule has 0 atom stereocenters. The second-order valence-electron chi connectivity index (χ2n) is 6.12. The van der Waals surface area contributed by atoms with E-state index in [0.29, 0.717) is 10.8 Å². The van der Waals surface area contributed by atoms with Gasteiger partial charge in [-0.25, -0.2) is 0 Å². The van der Waals surface area contributed by atoms with Crippen molar-refractivity contribution in [3.05, 3.63) is 77.6 Å². The number of aromatic nitrogens is 1. The van der Waals surface area contributed by atoms with Crippen molar-refractivity contribution in [2.75, 3.05) is 10.6 Å². The number of benzene rings is 2. The van der Waals surface area contributed by atoms with Crippen LogP contribution in [0.1, 0.15) is 17.0 Å². The third-order valence-corrected chi connectivity index (χ3v) is 4.34. The number of nitrogens with one attached hydrogen (secondary N) is 2. The lowest BCUT2D eigenvalue weighted by Crippen LogP contribution is -2.20. The van der Waals surface area contributed by atoms with Crippen LogP contribution in [-0.4, -0.2) is 9.68 Å². The summed E-state index contributed by atoms with van der Waals surface area (Å²) in [6.45, 7) is 4.03. The predicted octanol–water partition coefficient (Wildman–Crippen LogP) is 5.92. The van der Waals surface area contributed by atoms with E-state index in [9.17, 15) is 13.2 Å². The van der Waals surface area contributed by atoms with Gasteiger partial charge in [0.2, 0.25) is 0 Å². The van der Waals surface area contributed by atoms with E-state index in [4.69, 9.17) is 12.2 Å². The van der Waals surface area contributed by atoms with Crippen molar-refractivity contribution in [3.63, 3.8) is 0 Å². The fourth-order valence-electron chi connectivity index (χ4n) is 2.85. The normalized spacial score (nSPS) is 11.3. The van der Waals surface area contributed by atoms with Crippen LogP contribution in [0.4, 0.5) is 24.5 Å². The summed E-state index contributed by atoms with van der Waals surface area (Å²) < 4.78 is 40.1. The smallest absolute Gasteiger partial charge is 0.332 e. The van der Waals surface area contributed by atoms with Crippen molar-refractivity contribution in [2.24, 2.45) is 0 Å². The van der Waals surface area contributed by atoms with Crippen LogP contribution in [0.5, 0.6) is 0 Å². The molecule has 2 aromatic carbocycles. The van der Waals surface area contributed by atoms with Gasteiger partial charge in [-0.05, 0) is 74.6 Å². The largest absolute Gasteiger partial charge is 0.416 e. The van der Waals surface area contributed by atoms with Crippen molar-refractivity contribution in [1.82, 2.24) is 4.57 Å². The maximum Gasteiger partial charge on any atom is 0.416 e. The molecule has 0 radical (unpaired) electrons. The van der Waals surface area contributed by atoms with Crippen molar-refractivity contribution >= 4 is 28.7 Å². The number of halogens is 3. The highest BCUT2D eigenvalue weighted by molar-refractivity contribution is 7.80. The molecule has 3 rings (SSSR count). The van der Waals surface area contributed by atoms with E-state index in [-0.39, 0.29) is 0 Å². The monoisotopic (exact) mass is 389 g/mol. The third-order valence-electron chi connectivity index (χ3n) is 4.13. The molecule has 7 heteroatoms. The fraction of sp³-hybridized carbons (Fsp3) is 0.150. The Morgan fingerprint density at radius 3 is 2.04 bits per heavy atom. The Morgan fingerprint density at radius 2 is 1.44 bits per heavy atom. The molecule has 0 aliphatic rings. The second kappa shape index (κ2) is 7.44. The lowest BCUT2D eigenvalue weighted by atomic mass is 10.2. The molecule has 0 unspecified atom stereocenters. The van der Waals surface area contributed by atoms with Crippen molar-refractivity contribution in [2.45, 2.75) is 20.0 Å². The van der Waals surface area contributed by atoms with E-state index in [1.807, 2.05) is 50.2 Å². The highest BCUT2D eigenvalue weighted by Crippen LogP contribution is 2.30. The van der Waals surface area contributed by atoms with Crippen LogP contribution < -0.4 is 10.6 Å². The van der Waals surface area contributed by atoms with Gasteiger partial charge in [0.15, 0.2) is 5.11 Å². The Kier molecular flexibility index (Phi) is 5.23. The molecule has 27 heavy (non-hydrogen) atoms. The first kappa shape index (κ1) is 19.0. The van der Waals surface area contributed by atoms with Crippen LogP contribution in [0.25, 0.3) is 5.69 Å². The Labute approximate surface area is 160 Å². The van der Waals surface area contributed by atoms with Crippen LogP contribution in [0.15, 0.2) is 60.7 Å². The number of rotatable bonds is 3. The van der Waals surface area contributed by atoms with Gasteiger partial charge in [-0.15, -0.1) is 0 Å². The number of thiocarbonyl (C=S) groups is 1. The maximum atomic E-state index is 12.7. The van der Waals surface area contributed by atoms with Gasteiger partial charge >= 0.3 is 6.18 Å². The minimum atomic E-state index is -4.36. The second-order valence-corrected chi connectivity index (χ2v) is 6.53. The number of hydrogen-bond acceptors (Lipinski definition) is 1. The van der Waals surface area contributed by atoms with E-state index >= 15 is 0 Å². The summed E-state index contributed by atoms with van der Waals surface area (Å²) >= 11 is 5.33. The molecule has 0 bridgehead atoms. The first-order valence-corrected chi connectivity index (χ1v) is 8.66. The highest BCUT2D eigenvalue weighted by atomic mass is 32.1. The lowest BCUT2D eigenvalue weighted by Gasteiger charge is -2.17. The molecule has 1 heterocycles. The van der Waals surface area contributed by atoms with Crippen LogP contribution >= 0.6 is 12.2 Å². The number of para-hydroxylation sites is 2. The minimum absolute atomic E-state index is 0.296. The summed E-state index contributed by atoms with van der Waals surface area (Å²) in [4.78, 5) is 0. The summed E-state index contributed by atoms with van der Waals surface area (Å²) in [6, 6.07) is 16.5.